The third kappa shape index (κ3) is 3.57. The number of aromatic nitrogens is 2. The van der Waals surface area contributed by atoms with E-state index in [0.29, 0.717) is 5.95 Å². The van der Waals surface area contributed by atoms with Crippen LogP contribution in [0.5, 0.6) is 0 Å². The van der Waals surface area contributed by atoms with Crippen LogP contribution in [0.1, 0.15) is 32.6 Å². The lowest BCUT2D eigenvalue weighted by Gasteiger charge is -2.31. The van der Waals surface area contributed by atoms with Gasteiger partial charge in [-0.2, -0.15) is 0 Å². The van der Waals surface area contributed by atoms with Gasteiger partial charge in [-0.05, 0) is 24.6 Å². The van der Waals surface area contributed by atoms with Crippen LogP contribution < -0.4 is 5.73 Å². The number of hydrogen-bond acceptors (Lipinski definition) is 4. The minimum absolute atomic E-state index is 0.00271. The summed E-state index contributed by atoms with van der Waals surface area (Å²) in [5, 5.41) is 0. The topological polar surface area (TPSA) is 61.0 Å². The Balaban J connectivity index is 3.01. The zero-order valence-electron chi connectivity index (χ0n) is 10.6. The average Bonchev–Trinajstić information content (AvgIpc) is 2.12. The molecule has 5 heteroatoms. The second-order valence-electron chi connectivity index (χ2n) is 5.11. The second-order valence-corrected chi connectivity index (χ2v) is 7.16. The van der Waals surface area contributed by atoms with Gasteiger partial charge in [-0.25, -0.2) is 9.97 Å². The zero-order chi connectivity index (χ0) is 12.3. The third-order valence-corrected chi connectivity index (χ3v) is 2.81. The van der Waals surface area contributed by atoms with E-state index >= 15 is 0 Å². The summed E-state index contributed by atoms with van der Waals surface area (Å²) in [5.41, 5.74) is 6.47. The van der Waals surface area contributed by atoms with Crippen molar-refractivity contribution in [2.75, 3.05) is 5.73 Å². The molecule has 89 valence electrons. The Morgan fingerprint density at radius 1 is 1.38 bits per heavy atom. The van der Waals surface area contributed by atoms with Gasteiger partial charge in [0.25, 0.3) is 0 Å². The lowest BCUT2D eigenvalue weighted by Crippen LogP contribution is -2.27. The van der Waals surface area contributed by atoms with E-state index in [4.69, 9.17) is 10.2 Å². The number of anilines is 1. The highest BCUT2D eigenvalue weighted by Crippen LogP contribution is 2.35. The van der Waals surface area contributed by atoms with E-state index in [2.05, 4.69) is 43.8 Å². The second kappa shape index (κ2) is 4.93. The van der Waals surface area contributed by atoms with Gasteiger partial charge in [0.15, 0.2) is 0 Å². The molecule has 0 aliphatic heterocycles. The number of nitrogen functional groups attached to an aromatic ring is 1. The zero-order valence-corrected chi connectivity index (χ0v) is 11.6. The normalized spacial score (nSPS) is 14.1. The third-order valence-electron chi connectivity index (χ3n) is 2.10. The Morgan fingerprint density at radius 2 is 2.00 bits per heavy atom. The first-order valence-corrected chi connectivity index (χ1v) is 7.77. The fourth-order valence-electron chi connectivity index (χ4n) is 1.45. The number of rotatable bonds is 3. The molecule has 0 aliphatic carbocycles. The molecule has 2 N–H and O–H groups in total. The fourth-order valence-corrected chi connectivity index (χ4v) is 2.40. The lowest BCUT2D eigenvalue weighted by molar-refractivity contribution is 0.0827. The van der Waals surface area contributed by atoms with E-state index in [1.807, 2.05) is 6.07 Å². The molecule has 1 aromatic rings. The summed E-state index contributed by atoms with van der Waals surface area (Å²) in [6.45, 7) is 10.7. The van der Waals surface area contributed by atoms with Gasteiger partial charge in [0.05, 0.1) is 11.8 Å². The summed E-state index contributed by atoms with van der Waals surface area (Å²) in [5.74, 6) is 0.302. The lowest BCUT2D eigenvalue weighted by atomic mass is 9.87. The van der Waals surface area contributed by atoms with Crippen molar-refractivity contribution in [3.8, 4) is 0 Å². The molecular formula is C11H20N3OSi. The first kappa shape index (κ1) is 13.1. The molecular weight excluding hydrogens is 218 g/mol. The Bertz CT molecular complexity index is 349. The predicted molar refractivity (Wildman–Crippen MR) is 67.2 cm³/mol. The van der Waals surface area contributed by atoms with Crippen molar-refractivity contribution in [1.29, 1.82) is 0 Å². The van der Waals surface area contributed by atoms with Gasteiger partial charge in [-0.15, -0.1) is 0 Å². The molecule has 0 amide bonds. The molecule has 0 spiro atoms. The van der Waals surface area contributed by atoms with Gasteiger partial charge in [0, 0.05) is 6.20 Å². The largest absolute Gasteiger partial charge is 0.408 e. The molecule has 4 nitrogen and oxygen atoms in total. The van der Waals surface area contributed by atoms with Crippen LogP contribution in [0.25, 0.3) is 0 Å². The summed E-state index contributed by atoms with van der Waals surface area (Å²) in [6.07, 6.45) is 1.65. The smallest absolute Gasteiger partial charge is 0.220 e. The van der Waals surface area contributed by atoms with Crippen molar-refractivity contribution < 1.29 is 4.43 Å². The number of nitrogens with zero attached hydrogens (tertiary/aromatic N) is 2. The van der Waals surface area contributed by atoms with E-state index in [1.165, 1.54) is 0 Å². The number of hydrogen-bond donors (Lipinski definition) is 1. The first-order chi connectivity index (χ1) is 7.30. The highest BCUT2D eigenvalue weighted by molar-refractivity contribution is 6.48. The van der Waals surface area contributed by atoms with Crippen LogP contribution in [0.4, 0.5) is 5.95 Å². The van der Waals surface area contributed by atoms with Gasteiger partial charge in [0.1, 0.15) is 0 Å². The van der Waals surface area contributed by atoms with Crippen LogP contribution in [0.3, 0.4) is 0 Å². The van der Waals surface area contributed by atoms with E-state index in [-0.39, 0.29) is 11.5 Å². The first-order valence-electron chi connectivity index (χ1n) is 5.36. The summed E-state index contributed by atoms with van der Waals surface area (Å²) >= 11 is 0. The maximum atomic E-state index is 6.01. The number of nitrogens with two attached hydrogens (primary N) is 1. The van der Waals surface area contributed by atoms with Gasteiger partial charge < -0.3 is 10.2 Å². The van der Waals surface area contributed by atoms with E-state index in [9.17, 15) is 0 Å². The minimum Gasteiger partial charge on any atom is -0.408 e. The molecule has 1 radical (unpaired) electrons. The fraction of sp³-hybridized carbons (Fsp3) is 0.636. The van der Waals surface area contributed by atoms with E-state index < -0.39 is 9.04 Å². The molecule has 0 saturated carbocycles. The van der Waals surface area contributed by atoms with Crippen molar-refractivity contribution in [1.82, 2.24) is 9.97 Å². The molecule has 0 saturated heterocycles. The highest BCUT2D eigenvalue weighted by atomic mass is 28.3. The molecule has 1 heterocycles. The Kier molecular flexibility index (Phi) is 4.04. The van der Waals surface area contributed by atoms with Crippen LogP contribution in [0.2, 0.25) is 13.1 Å². The van der Waals surface area contributed by atoms with Crippen molar-refractivity contribution in [2.24, 2.45) is 5.41 Å². The molecule has 16 heavy (non-hydrogen) atoms. The molecule has 0 aromatic carbocycles. The summed E-state index contributed by atoms with van der Waals surface area (Å²) in [6, 6.07) is 1.87. The van der Waals surface area contributed by atoms with Crippen LogP contribution in [-0.4, -0.2) is 19.0 Å². The van der Waals surface area contributed by atoms with Crippen molar-refractivity contribution >= 4 is 15.0 Å². The maximum Gasteiger partial charge on any atom is 0.220 e. The SMILES string of the molecule is C[Si](C)OC(c1ccnc(N)n1)C(C)(C)C. The van der Waals surface area contributed by atoms with Crippen LogP contribution in [0, 0.1) is 5.41 Å². The summed E-state index contributed by atoms with van der Waals surface area (Å²) in [4.78, 5) is 8.15. The average molecular weight is 238 g/mol. The summed E-state index contributed by atoms with van der Waals surface area (Å²) < 4.78 is 6.01. The standard InChI is InChI=1S/C11H20N3OSi/c1-11(2,3)9(15-16(4)5)8-6-7-13-10(12)14-8/h6-7,9H,1-5H3,(H2,12,13,14). The molecule has 0 fully saturated rings. The molecule has 1 unspecified atom stereocenters. The van der Waals surface area contributed by atoms with Gasteiger partial charge in [0.2, 0.25) is 15.0 Å². The van der Waals surface area contributed by atoms with Gasteiger partial charge >= 0.3 is 0 Å². The van der Waals surface area contributed by atoms with E-state index in [1.54, 1.807) is 6.20 Å². The Morgan fingerprint density at radius 3 is 2.44 bits per heavy atom. The van der Waals surface area contributed by atoms with E-state index in [0.717, 1.165) is 5.69 Å². The van der Waals surface area contributed by atoms with Gasteiger partial charge in [-0.1, -0.05) is 20.8 Å². The summed E-state index contributed by atoms with van der Waals surface area (Å²) in [7, 11) is -0.777. The van der Waals surface area contributed by atoms with Crippen molar-refractivity contribution in [2.45, 2.75) is 40.0 Å². The predicted octanol–water partition coefficient (Wildman–Crippen LogP) is 2.41. The van der Waals surface area contributed by atoms with Crippen molar-refractivity contribution in [3.63, 3.8) is 0 Å². The molecule has 1 aromatic heterocycles. The van der Waals surface area contributed by atoms with Crippen molar-refractivity contribution in [3.05, 3.63) is 18.0 Å². The maximum absolute atomic E-state index is 6.01. The molecule has 1 atom stereocenters. The van der Waals surface area contributed by atoms with Crippen LogP contribution >= 0.6 is 0 Å². The van der Waals surface area contributed by atoms with Crippen LogP contribution in [0.15, 0.2) is 12.3 Å². The quantitative estimate of drug-likeness (QED) is 0.821. The molecule has 0 aliphatic rings. The molecule has 0 bridgehead atoms. The molecule has 1 rings (SSSR count). The van der Waals surface area contributed by atoms with Gasteiger partial charge in [-0.3, -0.25) is 0 Å². The Labute approximate surface area is 99.0 Å². The highest BCUT2D eigenvalue weighted by Gasteiger charge is 2.29. The Hall–Kier alpha value is -0.943. The van der Waals surface area contributed by atoms with Crippen LogP contribution in [-0.2, 0) is 4.43 Å². The minimum atomic E-state index is -0.777. The monoisotopic (exact) mass is 238 g/mol.